The minimum Gasteiger partial charge on any atom is -0.478 e. The van der Waals surface area contributed by atoms with Gasteiger partial charge in [0.2, 0.25) is 0 Å². The highest BCUT2D eigenvalue weighted by Crippen LogP contribution is 2.23. The summed E-state index contributed by atoms with van der Waals surface area (Å²) in [6.45, 7) is 1.65. The fourth-order valence-corrected chi connectivity index (χ4v) is 2.52. The SMILES string of the molecule is Cc1nn(-c2ncc(Br)cc2Br)cc1C(=O)O. The van der Waals surface area contributed by atoms with Gasteiger partial charge in [0.25, 0.3) is 0 Å². The molecular weight excluding hydrogens is 354 g/mol. The number of carboxylic acid groups (broad SMARTS) is 1. The predicted molar refractivity (Wildman–Crippen MR) is 68.5 cm³/mol. The molecule has 0 bridgehead atoms. The number of nitrogens with zero attached hydrogens (tertiary/aromatic N) is 3. The Kier molecular flexibility index (Phi) is 3.30. The van der Waals surface area contributed by atoms with Gasteiger partial charge in [0.15, 0.2) is 5.82 Å². The molecule has 7 heteroatoms. The van der Waals surface area contributed by atoms with Crippen molar-refractivity contribution in [2.75, 3.05) is 0 Å². The molecule has 2 aromatic rings. The zero-order valence-corrected chi connectivity index (χ0v) is 11.9. The van der Waals surface area contributed by atoms with Gasteiger partial charge in [0.1, 0.15) is 5.56 Å². The van der Waals surface area contributed by atoms with Gasteiger partial charge in [-0.2, -0.15) is 5.10 Å². The van der Waals surface area contributed by atoms with Gasteiger partial charge in [-0.3, -0.25) is 0 Å². The van der Waals surface area contributed by atoms with E-state index in [9.17, 15) is 4.79 Å². The molecule has 0 aliphatic heterocycles. The van der Waals surface area contributed by atoms with Crippen LogP contribution in [-0.4, -0.2) is 25.8 Å². The first-order valence-electron chi connectivity index (χ1n) is 4.60. The third kappa shape index (κ3) is 2.39. The second-order valence-corrected chi connectivity index (χ2v) is 5.11. The molecule has 0 saturated carbocycles. The number of aromatic carboxylic acids is 1. The van der Waals surface area contributed by atoms with E-state index in [2.05, 4.69) is 41.9 Å². The number of carboxylic acids is 1. The molecule has 0 aliphatic rings. The largest absolute Gasteiger partial charge is 0.478 e. The van der Waals surface area contributed by atoms with E-state index >= 15 is 0 Å². The van der Waals surface area contributed by atoms with E-state index in [0.717, 1.165) is 8.95 Å². The maximum atomic E-state index is 10.9. The Hall–Kier alpha value is -1.21. The molecule has 0 amide bonds. The number of halogens is 2. The van der Waals surface area contributed by atoms with Crippen molar-refractivity contribution in [3.63, 3.8) is 0 Å². The molecular formula is C10H7Br2N3O2. The monoisotopic (exact) mass is 359 g/mol. The van der Waals surface area contributed by atoms with Gasteiger partial charge in [-0.15, -0.1) is 0 Å². The number of carbonyl (C=O) groups is 1. The van der Waals surface area contributed by atoms with Gasteiger partial charge in [-0.1, -0.05) is 0 Å². The fourth-order valence-electron chi connectivity index (χ4n) is 1.35. The number of hydrogen-bond acceptors (Lipinski definition) is 3. The van der Waals surface area contributed by atoms with E-state index in [1.54, 1.807) is 13.1 Å². The molecule has 17 heavy (non-hydrogen) atoms. The molecule has 0 aliphatic carbocycles. The summed E-state index contributed by atoms with van der Waals surface area (Å²) in [4.78, 5) is 15.1. The van der Waals surface area contributed by atoms with Crippen LogP contribution < -0.4 is 0 Å². The molecule has 0 unspecified atom stereocenters. The van der Waals surface area contributed by atoms with Crippen LogP contribution in [0.5, 0.6) is 0 Å². The lowest BCUT2D eigenvalue weighted by atomic mass is 10.3. The van der Waals surface area contributed by atoms with Gasteiger partial charge < -0.3 is 5.11 Å². The van der Waals surface area contributed by atoms with Gasteiger partial charge in [0, 0.05) is 16.9 Å². The van der Waals surface area contributed by atoms with Gasteiger partial charge in [-0.05, 0) is 44.8 Å². The molecule has 0 fully saturated rings. The van der Waals surface area contributed by atoms with E-state index in [1.165, 1.54) is 10.9 Å². The van der Waals surface area contributed by atoms with Crippen molar-refractivity contribution in [2.45, 2.75) is 6.92 Å². The molecule has 0 saturated heterocycles. The standard InChI is InChI=1S/C10H7Br2N3O2/c1-5-7(10(16)17)4-15(14-5)9-8(12)2-6(11)3-13-9/h2-4H,1H3,(H,16,17). The summed E-state index contributed by atoms with van der Waals surface area (Å²) in [6.07, 6.45) is 3.07. The molecule has 5 nitrogen and oxygen atoms in total. The highest BCUT2D eigenvalue weighted by molar-refractivity contribution is 9.11. The highest BCUT2D eigenvalue weighted by atomic mass is 79.9. The first kappa shape index (κ1) is 12.3. The van der Waals surface area contributed by atoms with E-state index in [-0.39, 0.29) is 5.56 Å². The molecule has 0 spiro atoms. The summed E-state index contributed by atoms with van der Waals surface area (Å²) in [6, 6.07) is 1.82. The van der Waals surface area contributed by atoms with Crippen molar-refractivity contribution < 1.29 is 9.90 Å². The molecule has 2 heterocycles. The third-order valence-corrected chi connectivity index (χ3v) is 3.15. The van der Waals surface area contributed by atoms with Crippen molar-refractivity contribution in [1.29, 1.82) is 0 Å². The van der Waals surface area contributed by atoms with Gasteiger partial charge in [0.05, 0.1) is 10.2 Å². The normalized spacial score (nSPS) is 10.5. The highest BCUT2D eigenvalue weighted by Gasteiger charge is 2.14. The Bertz CT molecular complexity index is 595. The molecule has 2 aromatic heterocycles. The molecule has 0 aromatic carbocycles. The van der Waals surface area contributed by atoms with Crippen molar-refractivity contribution in [2.24, 2.45) is 0 Å². The van der Waals surface area contributed by atoms with Crippen molar-refractivity contribution in [3.05, 3.63) is 38.7 Å². The van der Waals surface area contributed by atoms with Crippen LogP contribution in [0.4, 0.5) is 0 Å². The van der Waals surface area contributed by atoms with Crippen LogP contribution in [0, 0.1) is 6.92 Å². The topological polar surface area (TPSA) is 68.0 Å². The van der Waals surface area contributed by atoms with Crippen LogP contribution in [-0.2, 0) is 0 Å². The molecule has 88 valence electrons. The zero-order valence-electron chi connectivity index (χ0n) is 8.69. The second kappa shape index (κ2) is 4.58. The number of pyridine rings is 1. The number of hydrogen-bond donors (Lipinski definition) is 1. The molecule has 1 N–H and O–H groups in total. The van der Waals surface area contributed by atoms with Crippen LogP contribution in [0.1, 0.15) is 16.1 Å². The quantitative estimate of drug-likeness (QED) is 0.894. The van der Waals surface area contributed by atoms with Gasteiger partial charge >= 0.3 is 5.97 Å². The third-order valence-electron chi connectivity index (χ3n) is 2.13. The maximum Gasteiger partial charge on any atom is 0.339 e. The number of aryl methyl sites for hydroxylation is 1. The van der Waals surface area contributed by atoms with Gasteiger partial charge in [-0.25, -0.2) is 14.5 Å². The summed E-state index contributed by atoms with van der Waals surface area (Å²) < 4.78 is 3.00. The molecule has 0 atom stereocenters. The van der Waals surface area contributed by atoms with Crippen LogP contribution in [0.2, 0.25) is 0 Å². The fraction of sp³-hybridized carbons (Fsp3) is 0.100. The first-order valence-corrected chi connectivity index (χ1v) is 6.18. The van der Waals surface area contributed by atoms with E-state index < -0.39 is 5.97 Å². The average Bonchev–Trinajstić information content (AvgIpc) is 2.60. The number of rotatable bonds is 2. The van der Waals surface area contributed by atoms with Crippen molar-refractivity contribution >= 4 is 37.8 Å². The molecule has 2 rings (SSSR count). The summed E-state index contributed by atoms with van der Waals surface area (Å²) in [5, 5.41) is 13.1. The lowest BCUT2D eigenvalue weighted by molar-refractivity contribution is 0.0696. The van der Waals surface area contributed by atoms with Crippen molar-refractivity contribution in [3.8, 4) is 5.82 Å². The number of aromatic nitrogens is 3. The maximum absolute atomic E-state index is 10.9. The van der Waals surface area contributed by atoms with Crippen molar-refractivity contribution in [1.82, 2.24) is 14.8 Å². The van der Waals surface area contributed by atoms with Crippen LogP contribution >= 0.6 is 31.9 Å². The van der Waals surface area contributed by atoms with Crippen LogP contribution in [0.15, 0.2) is 27.4 Å². The first-order chi connectivity index (χ1) is 7.99. The minimum absolute atomic E-state index is 0.168. The molecule has 0 radical (unpaired) electrons. The summed E-state index contributed by atoms with van der Waals surface area (Å²) in [7, 11) is 0. The predicted octanol–water partition coefficient (Wildman–Crippen LogP) is 2.80. The lowest BCUT2D eigenvalue weighted by Crippen LogP contribution is -1.99. The Balaban J connectivity index is 2.53. The lowest BCUT2D eigenvalue weighted by Gasteiger charge is -2.02. The summed E-state index contributed by atoms with van der Waals surface area (Å²) in [5.74, 6) is -0.453. The van der Waals surface area contributed by atoms with E-state index in [0.29, 0.717) is 11.5 Å². The van der Waals surface area contributed by atoms with Crippen LogP contribution in [0.3, 0.4) is 0 Å². The summed E-state index contributed by atoms with van der Waals surface area (Å²) in [5.41, 5.74) is 0.621. The Morgan fingerprint density at radius 1 is 1.47 bits per heavy atom. The Morgan fingerprint density at radius 3 is 2.71 bits per heavy atom. The Morgan fingerprint density at radius 2 is 2.18 bits per heavy atom. The summed E-state index contributed by atoms with van der Waals surface area (Å²) >= 11 is 6.65. The Labute approximate surface area is 114 Å². The van der Waals surface area contributed by atoms with E-state index in [4.69, 9.17) is 5.11 Å². The minimum atomic E-state index is -0.998. The second-order valence-electron chi connectivity index (χ2n) is 3.34. The van der Waals surface area contributed by atoms with Crippen LogP contribution in [0.25, 0.3) is 5.82 Å². The smallest absolute Gasteiger partial charge is 0.339 e. The zero-order chi connectivity index (χ0) is 12.6. The van der Waals surface area contributed by atoms with E-state index in [1.807, 2.05) is 6.07 Å². The average molecular weight is 361 g/mol.